The van der Waals surface area contributed by atoms with Crippen LogP contribution in [0.5, 0.6) is 0 Å². The first-order valence-electron chi connectivity index (χ1n) is 18.0. The maximum absolute atomic E-state index is 14.5. The van der Waals surface area contributed by atoms with Gasteiger partial charge in [0.1, 0.15) is 17.9 Å². The highest BCUT2D eigenvalue weighted by molar-refractivity contribution is 5.70. The van der Waals surface area contributed by atoms with Crippen molar-refractivity contribution in [3.05, 3.63) is 24.3 Å². The van der Waals surface area contributed by atoms with Crippen molar-refractivity contribution in [1.29, 1.82) is 0 Å². The Morgan fingerprint density at radius 2 is 1.04 bits per heavy atom. The van der Waals surface area contributed by atoms with Crippen LogP contribution in [0.3, 0.4) is 0 Å². The molecule has 0 aliphatic rings. The van der Waals surface area contributed by atoms with Crippen LogP contribution in [0, 0.1) is 0 Å². The van der Waals surface area contributed by atoms with Crippen molar-refractivity contribution in [1.82, 2.24) is 5.32 Å². The van der Waals surface area contributed by atoms with Crippen LogP contribution in [0.25, 0.3) is 0 Å². The summed E-state index contributed by atoms with van der Waals surface area (Å²) in [6.45, 7) is 11.0. The number of allylic oxidation sites excluding steroid dienone is 2. The Morgan fingerprint density at radius 3 is 1.53 bits per heavy atom. The van der Waals surface area contributed by atoms with Gasteiger partial charge in [0.25, 0.3) is 5.92 Å². The van der Waals surface area contributed by atoms with E-state index in [0.29, 0.717) is 25.7 Å². The molecule has 0 amide bonds. The van der Waals surface area contributed by atoms with Crippen molar-refractivity contribution >= 4 is 11.9 Å². The Labute approximate surface area is 273 Å². The zero-order chi connectivity index (χ0) is 33.8. The van der Waals surface area contributed by atoms with Gasteiger partial charge in [-0.15, -0.1) is 0 Å². The predicted molar refractivity (Wildman–Crippen MR) is 180 cm³/mol. The molecule has 0 saturated carbocycles. The number of carbonyl (C=O) groups excluding carboxylic acids is 2. The third-order valence-electron chi connectivity index (χ3n) is 7.81. The molecule has 0 heterocycles. The van der Waals surface area contributed by atoms with E-state index in [9.17, 15) is 22.8 Å². The molecule has 0 fully saturated rings. The maximum atomic E-state index is 14.5. The van der Waals surface area contributed by atoms with E-state index in [1.54, 1.807) is 26.8 Å². The highest BCUT2D eigenvalue weighted by Gasteiger charge is 2.24. The lowest BCUT2D eigenvalue weighted by Crippen LogP contribution is -2.17. The number of alkyl halides is 3. The third-order valence-corrected chi connectivity index (χ3v) is 7.81. The summed E-state index contributed by atoms with van der Waals surface area (Å²) < 4.78 is 52.7. The molecule has 0 bridgehead atoms. The van der Waals surface area contributed by atoms with Crippen LogP contribution in [-0.2, 0) is 19.1 Å². The van der Waals surface area contributed by atoms with E-state index in [-0.39, 0.29) is 18.4 Å². The molecule has 0 aliphatic heterocycles. The van der Waals surface area contributed by atoms with E-state index in [0.717, 1.165) is 115 Å². The summed E-state index contributed by atoms with van der Waals surface area (Å²) in [5, 5.41) is 3.48. The summed E-state index contributed by atoms with van der Waals surface area (Å²) >= 11 is 0. The van der Waals surface area contributed by atoms with Crippen LogP contribution in [0.1, 0.15) is 163 Å². The average Bonchev–Trinajstić information content (AvgIpc) is 2.97. The van der Waals surface area contributed by atoms with E-state index >= 15 is 0 Å². The van der Waals surface area contributed by atoms with Gasteiger partial charge in [-0.2, -0.15) is 0 Å². The zero-order valence-corrected chi connectivity index (χ0v) is 29.3. The fourth-order valence-corrected chi connectivity index (χ4v) is 4.95. The average molecular weight is 646 g/mol. The van der Waals surface area contributed by atoms with Gasteiger partial charge in [-0.05, 0) is 103 Å². The third kappa shape index (κ3) is 29.3. The molecule has 0 radical (unpaired) electrons. The van der Waals surface area contributed by atoms with Crippen molar-refractivity contribution in [3.63, 3.8) is 0 Å². The number of esters is 2. The lowest BCUT2D eigenvalue weighted by Gasteiger charge is -2.17. The minimum atomic E-state index is -2.85. The number of halogens is 3. The zero-order valence-electron chi connectivity index (χ0n) is 29.3. The largest absolute Gasteiger partial charge is 0.458 e. The molecule has 3 atom stereocenters. The van der Waals surface area contributed by atoms with Crippen molar-refractivity contribution < 1.29 is 32.2 Å². The summed E-state index contributed by atoms with van der Waals surface area (Å²) in [7, 11) is 0. The second-order valence-electron chi connectivity index (χ2n) is 12.8. The summed E-state index contributed by atoms with van der Waals surface area (Å²) in [6.07, 6.45) is 20.6. The van der Waals surface area contributed by atoms with Crippen LogP contribution < -0.4 is 5.32 Å². The van der Waals surface area contributed by atoms with Crippen molar-refractivity contribution in [2.75, 3.05) is 13.1 Å². The lowest BCUT2D eigenvalue weighted by atomic mass is 9.99. The molecule has 0 aromatic heterocycles. The minimum absolute atomic E-state index is 0.169. The summed E-state index contributed by atoms with van der Waals surface area (Å²) in [6, 6.07) is 0. The number of rotatable bonds is 30. The van der Waals surface area contributed by atoms with Gasteiger partial charge < -0.3 is 14.8 Å². The molecule has 0 aromatic rings. The number of nitrogens with one attached hydrogen (secondary N) is 1. The van der Waals surface area contributed by atoms with Crippen molar-refractivity contribution in [2.24, 2.45) is 0 Å². The number of hydrogen-bond acceptors (Lipinski definition) is 5. The molecule has 3 unspecified atom stereocenters. The van der Waals surface area contributed by atoms with Crippen molar-refractivity contribution in [2.45, 2.75) is 187 Å². The molecule has 5 nitrogen and oxygen atoms in total. The van der Waals surface area contributed by atoms with E-state index in [1.807, 2.05) is 6.92 Å². The monoisotopic (exact) mass is 645 g/mol. The molecule has 0 aromatic carbocycles. The molecule has 264 valence electrons. The molecule has 8 heteroatoms. The Hall–Kier alpha value is -1.83. The highest BCUT2D eigenvalue weighted by Crippen LogP contribution is 2.24. The first-order valence-corrected chi connectivity index (χ1v) is 18.0. The Bertz CT molecular complexity index is 737. The van der Waals surface area contributed by atoms with Crippen LogP contribution in [0.2, 0.25) is 0 Å². The SMILES string of the molecule is CCCCCC(C)(F)C=CC(C)OC(=O)CCCCCCCNCCCCCCCC(=O)OC(C)C=CC(F)(F)CCCCC. The highest BCUT2D eigenvalue weighted by atomic mass is 19.3. The van der Waals surface area contributed by atoms with Crippen molar-refractivity contribution in [3.8, 4) is 0 Å². The van der Waals surface area contributed by atoms with E-state index < -0.39 is 23.8 Å². The molecular weight excluding hydrogens is 579 g/mol. The maximum Gasteiger partial charge on any atom is 0.306 e. The van der Waals surface area contributed by atoms with E-state index in [1.165, 1.54) is 12.2 Å². The standard InChI is InChI=1S/C37H66F3NO4/c1-6-8-18-26-36(5,38)28-24-32(3)44-34(42)22-16-12-10-14-20-30-41-31-21-15-11-13-17-23-35(43)45-33(4)25-29-37(39,40)27-19-9-7-2/h24-25,28-29,32-33,41H,6-23,26-27,30-31H2,1-5H3. The van der Waals surface area contributed by atoms with Crippen LogP contribution in [-0.4, -0.2) is 48.8 Å². The number of unbranched alkanes of at least 4 members (excludes halogenated alkanes) is 12. The number of ether oxygens (including phenoxy) is 2. The first kappa shape index (κ1) is 43.2. The van der Waals surface area contributed by atoms with Gasteiger partial charge in [0.2, 0.25) is 0 Å². The molecule has 0 aliphatic carbocycles. The molecular formula is C37H66F3NO4. The Kier molecular flexibility index (Phi) is 26.2. The topological polar surface area (TPSA) is 64.6 Å². The van der Waals surface area contributed by atoms with Gasteiger partial charge in [0, 0.05) is 19.3 Å². The fraction of sp³-hybridized carbons (Fsp3) is 0.838. The van der Waals surface area contributed by atoms with Gasteiger partial charge >= 0.3 is 11.9 Å². The lowest BCUT2D eigenvalue weighted by molar-refractivity contribution is -0.147. The van der Waals surface area contributed by atoms with Gasteiger partial charge in [-0.25, -0.2) is 13.2 Å². The second kappa shape index (κ2) is 27.3. The minimum Gasteiger partial charge on any atom is -0.458 e. The number of carbonyl (C=O) groups is 2. The molecule has 45 heavy (non-hydrogen) atoms. The van der Waals surface area contributed by atoms with Crippen LogP contribution in [0.15, 0.2) is 24.3 Å². The second-order valence-corrected chi connectivity index (χ2v) is 12.8. The van der Waals surface area contributed by atoms with Gasteiger partial charge in [0.05, 0.1) is 0 Å². The normalized spacial score (nSPS) is 14.9. The Morgan fingerprint density at radius 1 is 0.622 bits per heavy atom. The smallest absolute Gasteiger partial charge is 0.306 e. The van der Waals surface area contributed by atoms with Gasteiger partial charge in [-0.1, -0.05) is 78.1 Å². The van der Waals surface area contributed by atoms with E-state index in [4.69, 9.17) is 9.47 Å². The van der Waals surface area contributed by atoms with E-state index in [2.05, 4.69) is 12.2 Å². The molecule has 1 N–H and O–H groups in total. The van der Waals surface area contributed by atoms with Crippen LogP contribution in [0.4, 0.5) is 13.2 Å². The summed E-state index contributed by atoms with van der Waals surface area (Å²) in [5.74, 6) is -3.40. The van der Waals surface area contributed by atoms with Gasteiger partial charge in [0.15, 0.2) is 0 Å². The predicted octanol–water partition coefficient (Wildman–Crippen LogP) is 10.8. The Balaban J connectivity index is 3.64. The fourth-order valence-electron chi connectivity index (χ4n) is 4.95. The summed E-state index contributed by atoms with van der Waals surface area (Å²) in [5.41, 5.74) is -1.36. The summed E-state index contributed by atoms with van der Waals surface area (Å²) in [4.78, 5) is 24.0. The quantitative estimate of drug-likeness (QED) is 0.0478. The molecule has 0 saturated heterocycles. The first-order chi connectivity index (χ1) is 21.4. The molecule has 0 rings (SSSR count). The van der Waals surface area contributed by atoms with Gasteiger partial charge in [-0.3, -0.25) is 9.59 Å². The van der Waals surface area contributed by atoms with Crippen LogP contribution >= 0.6 is 0 Å². The number of hydrogen-bond donors (Lipinski definition) is 1. The molecule has 0 spiro atoms.